The normalized spacial score (nSPS) is 19.3. The summed E-state index contributed by atoms with van der Waals surface area (Å²) in [5.41, 5.74) is -0.763. The van der Waals surface area contributed by atoms with Gasteiger partial charge in [0, 0.05) is 18.5 Å². The zero-order chi connectivity index (χ0) is 18.1. The van der Waals surface area contributed by atoms with Crippen LogP contribution in [0.5, 0.6) is 0 Å². The van der Waals surface area contributed by atoms with Crippen molar-refractivity contribution in [2.75, 3.05) is 5.32 Å². The van der Waals surface area contributed by atoms with Crippen LogP contribution < -0.4 is 10.6 Å². The van der Waals surface area contributed by atoms with Gasteiger partial charge in [0.05, 0.1) is 0 Å². The lowest BCUT2D eigenvalue weighted by Crippen LogP contribution is -2.56. The number of carboxylic acids is 1. The van der Waals surface area contributed by atoms with Gasteiger partial charge in [-0.05, 0) is 44.0 Å². The minimum atomic E-state index is -1.70. The van der Waals surface area contributed by atoms with Crippen LogP contribution in [0.1, 0.15) is 31.9 Å². The molecular weight excluding hydrogens is 319 g/mol. The summed E-state index contributed by atoms with van der Waals surface area (Å²) < 4.78 is 17.6. The number of carbonyl (C=O) groups is 3. The topological polar surface area (TPSA) is 105 Å². The molecule has 0 aliphatic heterocycles. The van der Waals surface area contributed by atoms with Crippen molar-refractivity contribution in [3.05, 3.63) is 29.3 Å². The zero-order valence-electron chi connectivity index (χ0n) is 13.6. The van der Waals surface area contributed by atoms with Gasteiger partial charge >= 0.3 is 18.2 Å². The van der Waals surface area contributed by atoms with Gasteiger partial charge in [-0.25, -0.2) is 14.4 Å². The molecule has 3 N–H and O–H groups in total. The minimum Gasteiger partial charge on any atom is -0.479 e. The number of aliphatic carboxylic acids is 1. The number of carboxylic acid groups (broad SMARTS) is 1. The molecule has 1 aromatic rings. The molecule has 1 aliphatic rings. The number of alkyl carbamates (subject to hydrolysis) is 1. The highest BCUT2D eigenvalue weighted by Crippen LogP contribution is 2.33. The van der Waals surface area contributed by atoms with Crippen LogP contribution in [0.2, 0.25) is 0 Å². The second-order valence-corrected chi connectivity index (χ2v) is 6.75. The van der Waals surface area contributed by atoms with Crippen molar-refractivity contribution in [2.24, 2.45) is 0 Å². The highest BCUT2D eigenvalue weighted by atomic mass is 19.1. The molecule has 0 radical (unpaired) electrons. The highest BCUT2D eigenvalue weighted by molar-refractivity contribution is 5.87. The van der Waals surface area contributed by atoms with Crippen molar-refractivity contribution in [3.63, 3.8) is 0 Å². The summed E-state index contributed by atoms with van der Waals surface area (Å²) in [7, 11) is 0. The van der Waals surface area contributed by atoms with Gasteiger partial charge in [-0.15, -0.1) is 4.39 Å². The van der Waals surface area contributed by atoms with Crippen LogP contribution in [-0.2, 0) is 22.4 Å². The van der Waals surface area contributed by atoms with Crippen LogP contribution in [0.3, 0.4) is 0 Å². The number of hydrogen-bond donors (Lipinski definition) is 3. The van der Waals surface area contributed by atoms with Crippen LogP contribution >= 0.6 is 0 Å². The summed E-state index contributed by atoms with van der Waals surface area (Å²) in [6.07, 6.45) is -2.45. The first-order valence-electron chi connectivity index (χ1n) is 7.34. The monoisotopic (exact) mass is 338 g/mol. The van der Waals surface area contributed by atoms with Gasteiger partial charge in [0.25, 0.3) is 0 Å². The number of amides is 2. The number of halogens is 1. The van der Waals surface area contributed by atoms with Crippen LogP contribution in [0, 0.1) is 0 Å². The fourth-order valence-corrected chi connectivity index (χ4v) is 2.66. The van der Waals surface area contributed by atoms with Crippen molar-refractivity contribution in [3.8, 4) is 0 Å². The lowest BCUT2D eigenvalue weighted by atomic mass is 9.96. The number of hydrogen-bond acceptors (Lipinski definition) is 4. The van der Waals surface area contributed by atoms with Crippen molar-refractivity contribution in [1.82, 2.24) is 5.32 Å². The molecule has 0 saturated carbocycles. The van der Waals surface area contributed by atoms with E-state index >= 15 is 0 Å². The third-order valence-electron chi connectivity index (χ3n) is 3.58. The van der Waals surface area contributed by atoms with E-state index in [-0.39, 0.29) is 18.5 Å². The minimum absolute atomic E-state index is 0.00685. The fourth-order valence-electron chi connectivity index (χ4n) is 2.66. The Labute approximate surface area is 138 Å². The summed E-state index contributed by atoms with van der Waals surface area (Å²) in [6, 6.07) is 4.57. The van der Waals surface area contributed by atoms with E-state index in [4.69, 9.17) is 4.74 Å². The third kappa shape index (κ3) is 4.01. The average Bonchev–Trinajstić information content (AvgIpc) is 2.74. The molecule has 0 saturated heterocycles. The predicted molar refractivity (Wildman–Crippen MR) is 83.7 cm³/mol. The maximum absolute atomic E-state index is 12.4. The predicted octanol–water partition coefficient (Wildman–Crippen LogP) is 2.63. The van der Waals surface area contributed by atoms with E-state index in [1.165, 1.54) is 12.1 Å². The van der Waals surface area contributed by atoms with Gasteiger partial charge in [0.1, 0.15) is 11.1 Å². The molecule has 24 heavy (non-hydrogen) atoms. The Hall–Kier alpha value is -2.64. The number of rotatable bonds is 3. The highest BCUT2D eigenvalue weighted by Gasteiger charge is 2.46. The van der Waals surface area contributed by atoms with Crippen molar-refractivity contribution >= 4 is 23.9 Å². The molecule has 1 atom stereocenters. The molecule has 1 aliphatic carbocycles. The fraction of sp³-hybridized carbons (Fsp3) is 0.438. The number of fused-ring (bicyclic) bond motifs is 1. The van der Waals surface area contributed by atoms with Crippen LogP contribution in [-0.4, -0.2) is 34.5 Å². The van der Waals surface area contributed by atoms with Gasteiger partial charge in [-0.3, -0.25) is 5.32 Å². The smallest absolute Gasteiger partial charge is 0.408 e. The SMILES string of the molecule is CC(C)(C)OC(=O)NC1(C(=O)O)Cc2ccc(NC(=O)F)cc2C1. The summed E-state index contributed by atoms with van der Waals surface area (Å²) >= 11 is 0. The Bertz CT molecular complexity index is 698. The number of nitrogens with one attached hydrogen (secondary N) is 2. The Morgan fingerprint density at radius 1 is 1.21 bits per heavy atom. The molecule has 1 aromatic carbocycles. The van der Waals surface area contributed by atoms with Gasteiger partial charge in [0.2, 0.25) is 0 Å². The van der Waals surface area contributed by atoms with Gasteiger partial charge in [-0.1, -0.05) is 6.07 Å². The van der Waals surface area contributed by atoms with E-state index in [2.05, 4.69) is 5.32 Å². The second kappa shape index (κ2) is 6.10. The van der Waals surface area contributed by atoms with Crippen LogP contribution in [0.15, 0.2) is 18.2 Å². The molecule has 7 nitrogen and oxygen atoms in total. The molecule has 0 fully saturated rings. The number of carbonyl (C=O) groups excluding carboxylic acids is 2. The van der Waals surface area contributed by atoms with E-state index < -0.39 is 29.4 Å². The average molecular weight is 338 g/mol. The molecule has 1 unspecified atom stereocenters. The number of anilines is 1. The Morgan fingerprint density at radius 3 is 2.38 bits per heavy atom. The molecule has 0 bridgehead atoms. The Balaban J connectivity index is 2.22. The maximum atomic E-state index is 12.4. The van der Waals surface area contributed by atoms with Gasteiger partial charge in [0.15, 0.2) is 0 Å². The first-order chi connectivity index (χ1) is 11.0. The van der Waals surface area contributed by atoms with Gasteiger partial charge in [-0.2, -0.15) is 0 Å². The van der Waals surface area contributed by atoms with Gasteiger partial charge < -0.3 is 15.2 Å². The van der Waals surface area contributed by atoms with Crippen molar-refractivity contribution in [2.45, 2.75) is 44.8 Å². The maximum Gasteiger partial charge on any atom is 0.408 e. The molecule has 2 rings (SSSR count). The van der Waals surface area contributed by atoms with E-state index in [1.54, 1.807) is 26.8 Å². The standard InChI is InChI=1S/C16H19FN2O5/c1-15(2,3)24-14(23)19-16(12(20)21)7-9-4-5-11(18-13(17)22)6-10(9)8-16/h4-6H,7-8H2,1-3H3,(H,18,22)(H,19,23)(H,20,21). The van der Waals surface area contributed by atoms with Crippen molar-refractivity contribution < 1.29 is 28.6 Å². The summed E-state index contributed by atoms with van der Waals surface area (Å²) in [5.74, 6) is -1.19. The molecular formula is C16H19FN2O5. The number of ether oxygens (including phenoxy) is 1. The first-order valence-corrected chi connectivity index (χ1v) is 7.34. The molecule has 0 heterocycles. The van der Waals surface area contributed by atoms with E-state index in [0.717, 1.165) is 0 Å². The molecule has 130 valence electrons. The van der Waals surface area contributed by atoms with Crippen LogP contribution in [0.4, 0.5) is 19.7 Å². The zero-order valence-corrected chi connectivity index (χ0v) is 13.6. The molecule has 0 spiro atoms. The number of benzene rings is 1. The quantitative estimate of drug-likeness (QED) is 0.580. The summed E-state index contributed by atoms with van der Waals surface area (Å²) in [6.45, 7) is 5.03. The third-order valence-corrected chi connectivity index (χ3v) is 3.58. The van der Waals surface area contributed by atoms with E-state index in [0.29, 0.717) is 11.1 Å². The lowest BCUT2D eigenvalue weighted by Gasteiger charge is -2.28. The first kappa shape index (κ1) is 17.7. The van der Waals surface area contributed by atoms with E-state index in [1.807, 2.05) is 5.32 Å². The Kier molecular flexibility index (Phi) is 4.50. The van der Waals surface area contributed by atoms with Crippen molar-refractivity contribution in [1.29, 1.82) is 0 Å². The molecule has 8 heteroatoms. The summed E-state index contributed by atoms with van der Waals surface area (Å²) in [5, 5.41) is 14.0. The summed E-state index contributed by atoms with van der Waals surface area (Å²) in [4.78, 5) is 34.2. The lowest BCUT2D eigenvalue weighted by molar-refractivity contribution is -0.144. The Morgan fingerprint density at radius 2 is 1.83 bits per heavy atom. The van der Waals surface area contributed by atoms with E-state index in [9.17, 15) is 23.9 Å². The second-order valence-electron chi connectivity index (χ2n) is 6.75. The molecule has 2 amide bonds. The largest absolute Gasteiger partial charge is 0.479 e. The van der Waals surface area contributed by atoms with Crippen LogP contribution in [0.25, 0.3) is 0 Å². The molecule has 0 aromatic heterocycles.